The summed E-state index contributed by atoms with van der Waals surface area (Å²) in [5.74, 6) is 0.114. The van der Waals surface area contributed by atoms with E-state index in [4.69, 9.17) is 10.5 Å². The van der Waals surface area contributed by atoms with E-state index in [9.17, 15) is 4.79 Å². The van der Waals surface area contributed by atoms with Gasteiger partial charge in [0, 0.05) is 32.2 Å². The number of rotatable bonds is 3. The van der Waals surface area contributed by atoms with Gasteiger partial charge in [-0.15, -0.1) is 0 Å². The number of morpholine rings is 1. The summed E-state index contributed by atoms with van der Waals surface area (Å²) in [4.78, 5) is 16.3. The fourth-order valence-electron chi connectivity index (χ4n) is 2.59. The molecule has 2 unspecified atom stereocenters. The number of nitrogens with zero attached hydrogens (tertiary/aromatic N) is 2. The van der Waals surface area contributed by atoms with Crippen LogP contribution in [0.5, 0.6) is 0 Å². The van der Waals surface area contributed by atoms with Crippen molar-refractivity contribution < 1.29 is 9.53 Å². The molecule has 98 valence electrons. The zero-order valence-electron chi connectivity index (χ0n) is 10.6. The van der Waals surface area contributed by atoms with Crippen LogP contribution >= 0.6 is 0 Å². The van der Waals surface area contributed by atoms with E-state index >= 15 is 0 Å². The Morgan fingerprint density at radius 1 is 1.41 bits per heavy atom. The summed E-state index contributed by atoms with van der Waals surface area (Å²) < 4.78 is 5.35. The molecule has 2 atom stereocenters. The Morgan fingerprint density at radius 2 is 2.12 bits per heavy atom. The van der Waals surface area contributed by atoms with Gasteiger partial charge in [0.2, 0.25) is 5.91 Å². The highest BCUT2D eigenvalue weighted by Crippen LogP contribution is 2.17. The Kier molecular flexibility index (Phi) is 4.36. The van der Waals surface area contributed by atoms with E-state index in [0.29, 0.717) is 6.04 Å². The molecule has 0 aromatic rings. The smallest absolute Gasteiger partial charge is 0.239 e. The van der Waals surface area contributed by atoms with Crippen LogP contribution in [0.2, 0.25) is 0 Å². The summed E-state index contributed by atoms with van der Waals surface area (Å²) in [6.45, 7) is 7.27. The summed E-state index contributed by atoms with van der Waals surface area (Å²) in [6, 6.07) is 0.186. The number of ether oxygens (including phenoxy) is 1. The molecule has 2 aliphatic heterocycles. The van der Waals surface area contributed by atoms with E-state index in [0.717, 1.165) is 52.2 Å². The first-order valence-electron chi connectivity index (χ1n) is 6.58. The number of hydrogen-bond acceptors (Lipinski definition) is 4. The van der Waals surface area contributed by atoms with Crippen LogP contribution in [0.1, 0.15) is 19.8 Å². The summed E-state index contributed by atoms with van der Waals surface area (Å²) in [5, 5.41) is 0. The normalized spacial score (nSPS) is 28.4. The largest absolute Gasteiger partial charge is 0.379 e. The van der Waals surface area contributed by atoms with Gasteiger partial charge in [0.05, 0.1) is 19.3 Å². The molecule has 0 bridgehead atoms. The molecule has 5 heteroatoms. The third kappa shape index (κ3) is 2.97. The molecule has 5 nitrogen and oxygen atoms in total. The molecule has 17 heavy (non-hydrogen) atoms. The van der Waals surface area contributed by atoms with Gasteiger partial charge in [-0.25, -0.2) is 0 Å². The lowest BCUT2D eigenvalue weighted by atomic mass is 10.2. The molecule has 2 rings (SSSR count). The van der Waals surface area contributed by atoms with Crippen molar-refractivity contribution >= 4 is 5.91 Å². The Balaban J connectivity index is 1.84. The molecule has 0 aromatic heterocycles. The quantitative estimate of drug-likeness (QED) is 0.734. The predicted molar refractivity (Wildman–Crippen MR) is 65.6 cm³/mol. The molecule has 2 aliphatic rings. The molecular weight excluding hydrogens is 218 g/mol. The second-order valence-electron chi connectivity index (χ2n) is 4.89. The molecule has 2 heterocycles. The predicted octanol–water partition coefficient (Wildman–Crippen LogP) is -0.343. The molecule has 2 saturated heterocycles. The Bertz CT molecular complexity index is 266. The lowest BCUT2D eigenvalue weighted by Gasteiger charge is -2.32. The highest BCUT2D eigenvalue weighted by Gasteiger charge is 2.32. The van der Waals surface area contributed by atoms with Crippen molar-refractivity contribution in [1.82, 2.24) is 9.80 Å². The van der Waals surface area contributed by atoms with Gasteiger partial charge >= 0.3 is 0 Å². The van der Waals surface area contributed by atoms with Crippen LogP contribution in [-0.2, 0) is 9.53 Å². The fourth-order valence-corrected chi connectivity index (χ4v) is 2.59. The zero-order valence-corrected chi connectivity index (χ0v) is 10.6. The van der Waals surface area contributed by atoms with Gasteiger partial charge in [0.15, 0.2) is 0 Å². The van der Waals surface area contributed by atoms with Crippen LogP contribution in [0.25, 0.3) is 0 Å². The maximum Gasteiger partial charge on any atom is 0.239 e. The van der Waals surface area contributed by atoms with Crippen molar-refractivity contribution in [2.75, 3.05) is 39.4 Å². The van der Waals surface area contributed by atoms with E-state index in [1.165, 1.54) is 0 Å². The highest BCUT2D eigenvalue weighted by atomic mass is 16.5. The first-order valence-corrected chi connectivity index (χ1v) is 6.58. The Labute approximate surface area is 103 Å². The average molecular weight is 241 g/mol. The highest BCUT2D eigenvalue weighted by molar-refractivity contribution is 5.81. The molecule has 0 saturated carbocycles. The van der Waals surface area contributed by atoms with Crippen molar-refractivity contribution in [2.45, 2.75) is 31.8 Å². The number of hydrogen-bond donors (Lipinski definition) is 1. The summed E-state index contributed by atoms with van der Waals surface area (Å²) in [5.41, 5.74) is 5.80. The molecule has 2 N–H and O–H groups in total. The van der Waals surface area contributed by atoms with Crippen molar-refractivity contribution in [3.8, 4) is 0 Å². The van der Waals surface area contributed by atoms with Crippen LogP contribution in [0.15, 0.2) is 0 Å². The van der Waals surface area contributed by atoms with Gasteiger partial charge in [-0.3, -0.25) is 9.69 Å². The van der Waals surface area contributed by atoms with Crippen molar-refractivity contribution in [1.29, 1.82) is 0 Å². The van der Waals surface area contributed by atoms with E-state index in [-0.39, 0.29) is 11.9 Å². The number of likely N-dealkylation sites (tertiary alicyclic amines) is 1. The van der Waals surface area contributed by atoms with E-state index in [1.54, 1.807) is 0 Å². The van der Waals surface area contributed by atoms with E-state index < -0.39 is 0 Å². The summed E-state index contributed by atoms with van der Waals surface area (Å²) >= 11 is 0. The first-order chi connectivity index (χ1) is 8.22. The minimum atomic E-state index is -0.321. The maximum absolute atomic E-state index is 12.0. The van der Waals surface area contributed by atoms with Gasteiger partial charge in [-0.05, 0) is 12.8 Å². The monoisotopic (exact) mass is 241 g/mol. The van der Waals surface area contributed by atoms with Crippen LogP contribution in [0.4, 0.5) is 0 Å². The van der Waals surface area contributed by atoms with Gasteiger partial charge in [-0.2, -0.15) is 0 Å². The van der Waals surface area contributed by atoms with Crippen LogP contribution in [-0.4, -0.2) is 67.2 Å². The van der Waals surface area contributed by atoms with Crippen LogP contribution in [0.3, 0.4) is 0 Å². The van der Waals surface area contributed by atoms with Crippen LogP contribution < -0.4 is 5.73 Å². The fraction of sp³-hybridized carbons (Fsp3) is 0.917. The zero-order chi connectivity index (χ0) is 12.3. The van der Waals surface area contributed by atoms with E-state index in [1.807, 2.05) is 11.8 Å². The molecule has 0 spiro atoms. The van der Waals surface area contributed by atoms with Crippen molar-refractivity contribution in [2.24, 2.45) is 5.73 Å². The summed E-state index contributed by atoms with van der Waals surface area (Å²) in [7, 11) is 0. The summed E-state index contributed by atoms with van der Waals surface area (Å²) in [6.07, 6.45) is 1.79. The minimum Gasteiger partial charge on any atom is -0.379 e. The molecule has 0 radical (unpaired) electrons. The second kappa shape index (κ2) is 5.80. The minimum absolute atomic E-state index is 0.114. The molecule has 0 aromatic carbocycles. The standard InChI is InChI=1S/C12H23N3O2/c1-2-11(13)12(16)15-4-3-10(9-15)14-5-7-17-8-6-14/h10-11H,2-9,13H2,1H3. The SMILES string of the molecule is CCC(N)C(=O)N1CCC(N2CCOCC2)C1. The Morgan fingerprint density at radius 3 is 2.76 bits per heavy atom. The first kappa shape index (κ1) is 12.8. The van der Waals surface area contributed by atoms with Gasteiger partial charge < -0.3 is 15.4 Å². The van der Waals surface area contributed by atoms with Crippen LogP contribution in [0, 0.1) is 0 Å². The molecule has 2 fully saturated rings. The van der Waals surface area contributed by atoms with Crippen molar-refractivity contribution in [3.05, 3.63) is 0 Å². The number of carbonyl (C=O) groups excluding carboxylic acids is 1. The Hall–Kier alpha value is -0.650. The number of carbonyl (C=O) groups is 1. The molecular formula is C12H23N3O2. The third-order valence-electron chi connectivity index (χ3n) is 3.79. The number of amides is 1. The third-order valence-corrected chi connectivity index (χ3v) is 3.79. The van der Waals surface area contributed by atoms with Gasteiger partial charge in [-0.1, -0.05) is 6.92 Å². The van der Waals surface area contributed by atoms with Crippen molar-refractivity contribution in [3.63, 3.8) is 0 Å². The van der Waals surface area contributed by atoms with Gasteiger partial charge in [0.1, 0.15) is 0 Å². The number of nitrogens with two attached hydrogens (primary N) is 1. The lowest BCUT2D eigenvalue weighted by molar-refractivity contribution is -0.131. The lowest BCUT2D eigenvalue weighted by Crippen LogP contribution is -2.47. The van der Waals surface area contributed by atoms with E-state index in [2.05, 4.69) is 4.90 Å². The maximum atomic E-state index is 12.0. The van der Waals surface area contributed by atoms with Gasteiger partial charge in [0.25, 0.3) is 0 Å². The molecule has 1 amide bonds. The average Bonchev–Trinajstić information content (AvgIpc) is 2.87. The molecule has 0 aliphatic carbocycles. The topological polar surface area (TPSA) is 58.8 Å². The second-order valence-corrected chi connectivity index (χ2v) is 4.89.